The van der Waals surface area contributed by atoms with E-state index in [0.717, 1.165) is 26.2 Å². The molecule has 1 fully saturated rings. The number of nitrogens with two attached hydrogens (primary N) is 1. The van der Waals surface area contributed by atoms with Gasteiger partial charge in [-0.15, -0.1) is 11.3 Å². The molecule has 0 saturated carbocycles. The van der Waals surface area contributed by atoms with Crippen LogP contribution in [0.5, 0.6) is 0 Å². The minimum absolute atomic E-state index is 0.195. The van der Waals surface area contributed by atoms with Crippen molar-refractivity contribution in [2.75, 3.05) is 19.8 Å². The molecule has 1 aromatic rings. The van der Waals surface area contributed by atoms with E-state index in [1.54, 1.807) is 0 Å². The Labute approximate surface area is 103 Å². The summed E-state index contributed by atoms with van der Waals surface area (Å²) in [6.07, 6.45) is 1.12. The van der Waals surface area contributed by atoms with Crippen molar-refractivity contribution in [2.45, 2.75) is 18.8 Å². The minimum Gasteiger partial charge on any atom is -0.379 e. The highest BCUT2D eigenvalue weighted by atomic mass is 79.9. The molecule has 0 aromatic carbocycles. The van der Waals surface area contributed by atoms with Crippen molar-refractivity contribution < 1.29 is 4.74 Å². The lowest BCUT2D eigenvalue weighted by Crippen LogP contribution is -2.53. The molecule has 2 nitrogen and oxygen atoms in total. The quantitative estimate of drug-likeness (QED) is 0.925. The Hall–Kier alpha value is 0.1000. The van der Waals surface area contributed by atoms with Crippen LogP contribution in [0.2, 0.25) is 0 Å². The van der Waals surface area contributed by atoms with Gasteiger partial charge >= 0.3 is 0 Å². The number of hydrogen-bond acceptors (Lipinski definition) is 3. The fourth-order valence-electron chi connectivity index (χ4n) is 2.27. The molecule has 1 unspecified atom stereocenters. The van der Waals surface area contributed by atoms with Crippen LogP contribution < -0.4 is 5.73 Å². The van der Waals surface area contributed by atoms with Crippen LogP contribution in [0.3, 0.4) is 0 Å². The second-order valence-corrected chi connectivity index (χ2v) is 6.56. The van der Waals surface area contributed by atoms with Gasteiger partial charge in [0, 0.05) is 4.88 Å². The standard InChI is InChI=1S/C11H16BrNOS/c1-2-8(5-13)11(6-14-7-11)9-3-4-10(12)15-9/h3-4,8H,2,5-7,13H2,1H3. The van der Waals surface area contributed by atoms with Gasteiger partial charge in [0.15, 0.2) is 0 Å². The van der Waals surface area contributed by atoms with Crippen LogP contribution in [0.1, 0.15) is 18.2 Å². The summed E-state index contributed by atoms with van der Waals surface area (Å²) in [5.74, 6) is 0.539. The van der Waals surface area contributed by atoms with E-state index in [0.29, 0.717) is 5.92 Å². The summed E-state index contributed by atoms with van der Waals surface area (Å²) >= 11 is 5.33. The first kappa shape index (κ1) is 11.6. The van der Waals surface area contributed by atoms with Gasteiger partial charge in [-0.2, -0.15) is 0 Å². The van der Waals surface area contributed by atoms with E-state index in [4.69, 9.17) is 10.5 Å². The number of ether oxygens (including phenoxy) is 1. The fraction of sp³-hybridized carbons (Fsp3) is 0.636. The molecule has 1 aliphatic heterocycles. The Bertz CT molecular complexity index is 331. The van der Waals surface area contributed by atoms with E-state index in [-0.39, 0.29) is 5.41 Å². The van der Waals surface area contributed by atoms with Crippen LogP contribution in [0.4, 0.5) is 0 Å². The highest BCUT2D eigenvalue weighted by Gasteiger charge is 2.46. The monoisotopic (exact) mass is 289 g/mol. The summed E-state index contributed by atoms with van der Waals surface area (Å²) in [6.45, 7) is 4.61. The maximum atomic E-state index is 5.86. The normalized spacial score (nSPS) is 21.0. The molecular formula is C11H16BrNOS. The van der Waals surface area contributed by atoms with Crippen LogP contribution >= 0.6 is 27.3 Å². The largest absolute Gasteiger partial charge is 0.379 e. The van der Waals surface area contributed by atoms with Gasteiger partial charge in [0.1, 0.15) is 0 Å². The molecular weight excluding hydrogens is 274 g/mol. The third-order valence-corrected chi connectivity index (χ3v) is 5.19. The molecule has 0 radical (unpaired) electrons. The Morgan fingerprint density at radius 2 is 2.33 bits per heavy atom. The smallest absolute Gasteiger partial charge is 0.0701 e. The lowest BCUT2D eigenvalue weighted by atomic mass is 9.71. The van der Waals surface area contributed by atoms with Crippen molar-refractivity contribution in [1.82, 2.24) is 0 Å². The molecule has 1 saturated heterocycles. The van der Waals surface area contributed by atoms with Crippen molar-refractivity contribution in [3.8, 4) is 0 Å². The number of hydrogen-bond donors (Lipinski definition) is 1. The van der Waals surface area contributed by atoms with Crippen molar-refractivity contribution in [3.05, 3.63) is 20.8 Å². The van der Waals surface area contributed by atoms with Crippen molar-refractivity contribution in [2.24, 2.45) is 11.7 Å². The van der Waals surface area contributed by atoms with Crippen LogP contribution in [0.15, 0.2) is 15.9 Å². The summed E-state index contributed by atoms with van der Waals surface area (Å²) in [5.41, 5.74) is 6.05. The van der Waals surface area contributed by atoms with Gasteiger partial charge in [0.05, 0.1) is 22.4 Å². The average molecular weight is 290 g/mol. The highest BCUT2D eigenvalue weighted by molar-refractivity contribution is 9.11. The predicted molar refractivity (Wildman–Crippen MR) is 67.4 cm³/mol. The van der Waals surface area contributed by atoms with Crippen LogP contribution in [-0.2, 0) is 10.2 Å². The maximum absolute atomic E-state index is 5.86. The van der Waals surface area contributed by atoms with Gasteiger partial charge in [-0.1, -0.05) is 13.3 Å². The van der Waals surface area contributed by atoms with E-state index in [1.807, 2.05) is 11.3 Å². The number of rotatable bonds is 4. The first-order chi connectivity index (χ1) is 7.23. The van der Waals surface area contributed by atoms with Crippen molar-refractivity contribution in [1.29, 1.82) is 0 Å². The topological polar surface area (TPSA) is 35.2 Å². The van der Waals surface area contributed by atoms with Crippen LogP contribution in [0.25, 0.3) is 0 Å². The van der Waals surface area contributed by atoms with Gasteiger partial charge < -0.3 is 10.5 Å². The molecule has 4 heteroatoms. The molecule has 84 valence electrons. The summed E-state index contributed by atoms with van der Waals surface area (Å²) in [7, 11) is 0. The first-order valence-electron chi connectivity index (χ1n) is 5.26. The zero-order valence-electron chi connectivity index (χ0n) is 8.83. The van der Waals surface area contributed by atoms with Gasteiger partial charge in [0.25, 0.3) is 0 Å². The lowest BCUT2D eigenvalue weighted by molar-refractivity contribution is -0.0878. The summed E-state index contributed by atoms with van der Waals surface area (Å²) < 4.78 is 6.61. The Morgan fingerprint density at radius 1 is 1.60 bits per heavy atom. The fourth-order valence-corrected chi connectivity index (χ4v) is 3.89. The molecule has 0 aliphatic carbocycles. The van der Waals surface area contributed by atoms with Crippen LogP contribution in [-0.4, -0.2) is 19.8 Å². The molecule has 0 amide bonds. The Kier molecular flexibility index (Phi) is 3.50. The molecule has 15 heavy (non-hydrogen) atoms. The third kappa shape index (κ3) is 1.88. The molecule has 0 spiro atoms. The van der Waals surface area contributed by atoms with Crippen molar-refractivity contribution in [3.63, 3.8) is 0 Å². The third-order valence-electron chi connectivity index (χ3n) is 3.34. The Balaban J connectivity index is 2.28. The lowest BCUT2D eigenvalue weighted by Gasteiger charge is -2.46. The second kappa shape index (κ2) is 4.53. The van der Waals surface area contributed by atoms with E-state index >= 15 is 0 Å². The molecule has 2 heterocycles. The second-order valence-electron chi connectivity index (χ2n) is 4.09. The molecule has 1 aliphatic rings. The predicted octanol–water partition coefficient (Wildman–Crippen LogP) is 2.76. The number of halogens is 1. The maximum Gasteiger partial charge on any atom is 0.0701 e. The molecule has 2 N–H and O–H groups in total. The molecule has 1 atom stereocenters. The van der Waals surface area contributed by atoms with Gasteiger partial charge in [-0.3, -0.25) is 0 Å². The molecule has 0 bridgehead atoms. The highest BCUT2D eigenvalue weighted by Crippen LogP contribution is 2.44. The van der Waals surface area contributed by atoms with E-state index in [2.05, 4.69) is 35.0 Å². The average Bonchev–Trinajstić information content (AvgIpc) is 2.58. The molecule has 1 aromatic heterocycles. The van der Waals surface area contributed by atoms with Gasteiger partial charge in [0.2, 0.25) is 0 Å². The first-order valence-corrected chi connectivity index (χ1v) is 6.87. The van der Waals surface area contributed by atoms with E-state index in [1.165, 1.54) is 8.66 Å². The number of thiophene rings is 1. The zero-order valence-corrected chi connectivity index (χ0v) is 11.2. The molecule has 2 rings (SSSR count). The Morgan fingerprint density at radius 3 is 2.67 bits per heavy atom. The summed E-state index contributed by atoms with van der Waals surface area (Å²) in [5, 5.41) is 0. The minimum atomic E-state index is 0.195. The van der Waals surface area contributed by atoms with Crippen molar-refractivity contribution >= 4 is 27.3 Å². The van der Waals surface area contributed by atoms with E-state index in [9.17, 15) is 0 Å². The van der Waals surface area contributed by atoms with Gasteiger partial charge in [-0.05, 0) is 40.5 Å². The van der Waals surface area contributed by atoms with E-state index < -0.39 is 0 Å². The summed E-state index contributed by atoms with van der Waals surface area (Å²) in [4.78, 5) is 1.41. The van der Waals surface area contributed by atoms with Gasteiger partial charge in [-0.25, -0.2) is 0 Å². The summed E-state index contributed by atoms with van der Waals surface area (Å²) in [6, 6.07) is 4.32. The zero-order chi connectivity index (χ0) is 10.9. The SMILES string of the molecule is CCC(CN)C1(c2ccc(Br)s2)COC1. The van der Waals surface area contributed by atoms with Crippen LogP contribution in [0, 0.1) is 5.92 Å².